The molecule has 0 bridgehead atoms. The minimum absolute atomic E-state index is 0.0503. The maximum atomic E-state index is 11.5. The molecule has 9 nitrogen and oxygen atoms in total. The molecule has 1 heterocycles. The van der Waals surface area contributed by atoms with E-state index in [2.05, 4.69) is 25.5 Å². The largest absolute Gasteiger partial charge is 0.470 e. The molecule has 0 aliphatic carbocycles. The molecule has 3 aromatic rings. The van der Waals surface area contributed by atoms with E-state index < -0.39 is 4.92 Å². The van der Waals surface area contributed by atoms with Gasteiger partial charge in [0.15, 0.2) is 0 Å². The molecule has 0 aliphatic heterocycles. The summed E-state index contributed by atoms with van der Waals surface area (Å²) in [5, 5.41) is 22.7. The maximum absolute atomic E-state index is 11.5. The van der Waals surface area contributed by atoms with Crippen LogP contribution in [-0.4, -0.2) is 21.0 Å². The molecule has 0 spiro atoms. The number of ether oxygens (including phenoxy) is 1. The third-order valence-electron chi connectivity index (χ3n) is 3.49. The van der Waals surface area contributed by atoms with E-state index in [1.54, 1.807) is 38.1 Å². The summed E-state index contributed by atoms with van der Waals surface area (Å²) in [7, 11) is 0. The Morgan fingerprint density at radius 1 is 1.00 bits per heavy atom. The zero-order valence-corrected chi connectivity index (χ0v) is 15.3. The van der Waals surface area contributed by atoms with Gasteiger partial charge in [0.05, 0.1) is 22.4 Å². The Labute approximate surface area is 161 Å². The van der Waals surface area contributed by atoms with Crippen LogP contribution in [0.3, 0.4) is 0 Å². The second-order valence-electron chi connectivity index (χ2n) is 6.01. The molecular weight excluding hydrogens is 360 g/mol. The van der Waals surface area contributed by atoms with Gasteiger partial charge in [0, 0.05) is 5.69 Å². The number of nitro groups is 1. The molecule has 28 heavy (non-hydrogen) atoms. The number of benzene rings is 2. The highest BCUT2D eigenvalue weighted by Gasteiger charge is 2.25. The SMILES string of the molecule is CC(C)Oc1ncnc(Nc2ccc(N=Nc3ccccc3)cc2)c1[N+](=O)[O-]. The molecule has 2 aromatic carbocycles. The van der Waals surface area contributed by atoms with Crippen molar-refractivity contribution in [1.82, 2.24) is 9.97 Å². The zero-order chi connectivity index (χ0) is 19.9. The molecule has 142 valence electrons. The van der Waals surface area contributed by atoms with Crippen LogP contribution in [0.15, 0.2) is 71.2 Å². The van der Waals surface area contributed by atoms with Gasteiger partial charge in [-0.05, 0) is 50.2 Å². The van der Waals surface area contributed by atoms with Gasteiger partial charge in [-0.2, -0.15) is 15.2 Å². The van der Waals surface area contributed by atoms with E-state index in [0.717, 1.165) is 5.69 Å². The van der Waals surface area contributed by atoms with Crippen LogP contribution in [0.5, 0.6) is 5.88 Å². The van der Waals surface area contributed by atoms with E-state index >= 15 is 0 Å². The zero-order valence-electron chi connectivity index (χ0n) is 15.3. The monoisotopic (exact) mass is 378 g/mol. The Morgan fingerprint density at radius 3 is 2.25 bits per heavy atom. The number of nitrogens with one attached hydrogen (secondary N) is 1. The minimum atomic E-state index is -0.567. The molecule has 1 N–H and O–H groups in total. The predicted octanol–water partition coefficient (Wildman–Crippen LogP) is 5.33. The number of nitrogens with zero attached hydrogens (tertiary/aromatic N) is 5. The van der Waals surface area contributed by atoms with E-state index in [1.165, 1.54) is 6.33 Å². The molecule has 0 amide bonds. The summed E-state index contributed by atoms with van der Waals surface area (Å²) in [5.74, 6) is -0.0277. The van der Waals surface area contributed by atoms with Gasteiger partial charge in [-0.1, -0.05) is 18.2 Å². The second kappa shape index (κ2) is 8.67. The van der Waals surface area contributed by atoms with Crippen LogP contribution in [0.2, 0.25) is 0 Å². The highest BCUT2D eigenvalue weighted by molar-refractivity contribution is 5.69. The number of anilines is 2. The molecule has 0 saturated heterocycles. The van der Waals surface area contributed by atoms with Crippen molar-refractivity contribution < 1.29 is 9.66 Å². The van der Waals surface area contributed by atoms with Crippen molar-refractivity contribution in [2.24, 2.45) is 10.2 Å². The van der Waals surface area contributed by atoms with Gasteiger partial charge in [-0.25, -0.2) is 4.98 Å². The first-order chi connectivity index (χ1) is 13.5. The van der Waals surface area contributed by atoms with Gasteiger partial charge < -0.3 is 10.1 Å². The standard InChI is InChI=1S/C19H18N6O3/c1-13(2)28-19-17(25(26)27)18(20-12-21-19)22-14-8-10-16(11-9-14)24-23-15-6-4-3-5-7-15/h3-13H,1-2H3,(H,20,21,22). The highest BCUT2D eigenvalue weighted by Crippen LogP contribution is 2.33. The lowest BCUT2D eigenvalue weighted by Crippen LogP contribution is -2.10. The quantitative estimate of drug-likeness (QED) is 0.337. The van der Waals surface area contributed by atoms with Gasteiger partial charge in [-0.15, -0.1) is 0 Å². The van der Waals surface area contributed by atoms with Gasteiger partial charge in [-0.3, -0.25) is 10.1 Å². The van der Waals surface area contributed by atoms with Gasteiger partial charge in [0.2, 0.25) is 5.82 Å². The minimum Gasteiger partial charge on any atom is -0.470 e. The Hall–Kier alpha value is -3.88. The fraction of sp³-hybridized carbons (Fsp3) is 0.158. The number of hydrogen-bond donors (Lipinski definition) is 1. The Morgan fingerprint density at radius 2 is 1.64 bits per heavy atom. The molecule has 1 aromatic heterocycles. The van der Waals surface area contributed by atoms with E-state index in [4.69, 9.17) is 4.74 Å². The third-order valence-corrected chi connectivity index (χ3v) is 3.49. The number of rotatable bonds is 7. The predicted molar refractivity (Wildman–Crippen MR) is 105 cm³/mol. The van der Waals surface area contributed by atoms with Gasteiger partial charge >= 0.3 is 5.69 Å². The van der Waals surface area contributed by atoms with Crippen molar-refractivity contribution in [1.29, 1.82) is 0 Å². The summed E-state index contributed by atoms with van der Waals surface area (Å²) in [6.45, 7) is 3.53. The summed E-state index contributed by atoms with van der Waals surface area (Å²) in [6.07, 6.45) is 0.964. The maximum Gasteiger partial charge on any atom is 0.373 e. The Kier molecular flexibility index (Phi) is 5.85. The van der Waals surface area contributed by atoms with Crippen molar-refractivity contribution in [3.8, 4) is 5.88 Å². The lowest BCUT2D eigenvalue weighted by Gasteiger charge is -2.11. The van der Waals surface area contributed by atoms with Crippen LogP contribution >= 0.6 is 0 Å². The van der Waals surface area contributed by atoms with Crippen molar-refractivity contribution in [2.75, 3.05) is 5.32 Å². The first kappa shape index (κ1) is 18.9. The highest BCUT2D eigenvalue weighted by atomic mass is 16.6. The first-order valence-electron chi connectivity index (χ1n) is 8.53. The van der Waals surface area contributed by atoms with Crippen LogP contribution in [0, 0.1) is 10.1 Å². The first-order valence-corrected chi connectivity index (χ1v) is 8.53. The summed E-state index contributed by atoms with van der Waals surface area (Å²) in [6, 6.07) is 16.3. The summed E-state index contributed by atoms with van der Waals surface area (Å²) in [5.41, 5.74) is 1.69. The average Bonchev–Trinajstić information content (AvgIpc) is 2.68. The Balaban J connectivity index is 1.79. The van der Waals surface area contributed by atoms with Crippen LogP contribution < -0.4 is 10.1 Å². The van der Waals surface area contributed by atoms with Crippen LogP contribution in [-0.2, 0) is 0 Å². The molecule has 0 unspecified atom stereocenters. The van der Waals surface area contributed by atoms with Gasteiger partial charge in [0.1, 0.15) is 6.33 Å². The summed E-state index contributed by atoms with van der Waals surface area (Å²) in [4.78, 5) is 18.7. The molecule has 9 heteroatoms. The molecule has 0 fully saturated rings. The number of azo groups is 1. The van der Waals surface area contributed by atoms with Crippen LogP contribution in [0.1, 0.15) is 13.8 Å². The fourth-order valence-corrected chi connectivity index (χ4v) is 2.29. The molecule has 0 aliphatic rings. The van der Waals surface area contributed by atoms with Crippen LogP contribution in [0.4, 0.5) is 28.6 Å². The van der Waals surface area contributed by atoms with Crippen LogP contribution in [0.25, 0.3) is 0 Å². The summed E-state index contributed by atoms with van der Waals surface area (Å²) >= 11 is 0. The van der Waals surface area contributed by atoms with Crippen molar-refractivity contribution >= 4 is 28.6 Å². The lowest BCUT2D eigenvalue weighted by atomic mass is 10.3. The Bertz CT molecular complexity index is 975. The normalized spacial score (nSPS) is 11.0. The van der Waals surface area contributed by atoms with E-state index in [0.29, 0.717) is 11.4 Å². The third kappa shape index (κ3) is 4.85. The molecule has 0 radical (unpaired) electrons. The van der Waals surface area contributed by atoms with Crippen molar-refractivity contribution in [3.63, 3.8) is 0 Å². The number of aromatic nitrogens is 2. The van der Waals surface area contributed by atoms with E-state index in [9.17, 15) is 10.1 Å². The molecule has 0 saturated carbocycles. The summed E-state index contributed by atoms with van der Waals surface area (Å²) < 4.78 is 5.42. The van der Waals surface area contributed by atoms with Gasteiger partial charge in [0.25, 0.3) is 5.88 Å². The van der Waals surface area contributed by atoms with E-state index in [-0.39, 0.29) is 23.5 Å². The molecular formula is C19H18N6O3. The molecule has 0 atom stereocenters. The van der Waals surface area contributed by atoms with E-state index in [1.807, 2.05) is 30.3 Å². The topological polar surface area (TPSA) is 115 Å². The van der Waals surface area contributed by atoms with Crippen molar-refractivity contribution in [2.45, 2.75) is 20.0 Å². The molecule has 3 rings (SSSR count). The second-order valence-corrected chi connectivity index (χ2v) is 6.01. The lowest BCUT2D eigenvalue weighted by molar-refractivity contribution is -0.385. The fourth-order valence-electron chi connectivity index (χ4n) is 2.29. The van der Waals surface area contributed by atoms with Crippen molar-refractivity contribution in [3.05, 3.63) is 71.0 Å². The smallest absolute Gasteiger partial charge is 0.373 e. The average molecular weight is 378 g/mol. The number of hydrogen-bond acceptors (Lipinski definition) is 8.